The van der Waals surface area contributed by atoms with Crippen LogP contribution in [0.4, 0.5) is 0 Å². The number of rotatable bonds is 2. The lowest BCUT2D eigenvalue weighted by Gasteiger charge is -2.05. The Balaban J connectivity index is 2.29. The molecule has 0 saturated carbocycles. The lowest BCUT2D eigenvalue weighted by Crippen LogP contribution is -1.84. The van der Waals surface area contributed by atoms with Crippen molar-refractivity contribution in [3.05, 3.63) is 60.2 Å². The molecule has 3 aromatic rings. The highest BCUT2D eigenvalue weighted by Gasteiger charge is 2.01. The Morgan fingerprint density at radius 2 is 1.76 bits per heavy atom. The maximum atomic E-state index is 3.52. The van der Waals surface area contributed by atoms with Crippen LogP contribution in [0.1, 0.15) is 18.9 Å². The molecule has 0 spiro atoms. The minimum Gasteiger partial charge on any atom is -0.0651 e. The summed E-state index contributed by atoms with van der Waals surface area (Å²) in [6, 6.07) is 20.9. The van der Waals surface area contributed by atoms with Crippen LogP contribution >= 0.6 is 0 Å². The fraction of sp³-hybridized carbons (Fsp3) is 0.176. The van der Waals surface area contributed by atoms with Crippen LogP contribution in [0, 0.1) is 6.07 Å². The minimum absolute atomic E-state index is 1.11. The molecule has 17 heavy (non-hydrogen) atoms. The molecular weight excluding hydrogens is 204 g/mol. The standard InChI is InChI=1S/C17H15/c1-2-5-13-8-11-17-15(12-13)10-9-14-6-3-4-7-16(14)17/h3-4,6-11H,2,5H2,1H3. The number of hydrogen-bond acceptors (Lipinski definition) is 0. The molecule has 3 rings (SSSR count). The van der Waals surface area contributed by atoms with E-state index in [2.05, 4.69) is 61.5 Å². The highest BCUT2D eigenvalue weighted by molar-refractivity contribution is 6.07. The molecule has 0 fully saturated rings. The molecule has 0 aliphatic rings. The van der Waals surface area contributed by atoms with Crippen molar-refractivity contribution in [3.63, 3.8) is 0 Å². The first kappa shape index (κ1) is 10.3. The zero-order valence-corrected chi connectivity index (χ0v) is 10.0. The molecule has 0 heterocycles. The Morgan fingerprint density at radius 3 is 2.65 bits per heavy atom. The van der Waals surface area contributed by atoms with Gasteiger partial charge in [-0.1, -0.05) is 61.9 Å². The zero-order chi connectivity index (χ0) is 11.7. The van der Waals surface area contributed by atoms with E-state index in [0.29, 0.717) is 0 Å². The molecule has 0 bridgehead atoms. The van der Waals surface area contributed by atoms with E-state index in [9.17, 15) is 0 Å². The van der Waals surface area contributed by atoms with Gasteiger partial charge in [-0.05, 0) is 39.6 Å². The second kappa shape index (κ2) is 4.21. The summed E-state index contributed by atoms with van der Waals surface area (Å²) in [4.78, 5) is 0. The van der Waals surface area contributed by atoms with Crippen molar-refractivity contribution in [2.45, 2.75) is 19.8 Å². The van der Waals surface area contributed by atoms with E-state index in [4.69, 9.17) is 0 Å². The molecule has 0 saturated heterocycles. The van der Waals surface area contributed by atoms with Gasteiger partial charge in [-0.15, -0.1) is 0 Å². The van der Waals surface area contributed by atoms with E-state index in [1.54, 1.807) is 0 Å². The summed E-state index contributed by atoms with van der Waals surface area (Å²) in [5.41, 5.74) is 1.32. The molecule has 0 amide bonds. The molecular formula is C17H15. The predicted molar refractivity (Wildman–Crippen MR) is 74.3 cm³/mol. The summed E-state index contributed by atoms with van der Waals surface area (Å²) in [5.74, 6) is 0. The lowest BCUT2D eigenvalue weighted by atomic mass is 9.99. The van der Waals surface area contributed by atoms with E-state index in [-0.39, 0.29) is 0 Å². The average molecular weight is 219 g/mol. The molecule has 0 nitrogen and oxygen atoms in total. The summed E-state index contributed by atoms with van der Waals surface area (Å²) in [6.07, 6.45) is 2.29. The van der Waals surface area contributed by atoms with E-state index in [1.807, 2.05) is 0 Å². The van der Waals surface area contributed by atoms with Gasteiger partial charge in [0.2, 0.25) is 0 Å². The molecule has 83 valence electrons. The maximum Gasteiger partial charge on any atom is -0.00641 e. The first-order chi connectivity index (χ1) is 8.38. The number of benzene rings is 3. The van der Waals surface area contributed by atoms with Crippen molar-refractivity contribution in [3.8, 4) is 0 Å². The minimum atomic E-state index is 1.11. The van der Waals surface area contributed by atoms with E-state index in [0.717, 1.165) is 6.42 Å². The molecule has 0 heteroatoms. The van der Waals surface area contributed by atoms with Gasteiger partial charge < -0.3 is 0 Å². The zero-order valence-electron chi connectivity index (χ0n) is 10.0. The third kappa shape index (κ3) is 1.80. The van der Waals surface area contributed by atoms with Gasteiger partial charge in [-0.3, -0.25) is 0 Å². The Labute approximate surface area is 102 Å². The topological polar surface area (TPSA) is 0 Å². The Bertz CT molecular complexity index is 665. The molecule has 0 aromatic heterocycles. The van der Waals surface area contributed by atoms with Gasteiger partial charge in [0.15, 0.2) is 0 Å². The van der Waals surface area contributed by atoms with E-state index in [1.165, 1.54) is 33.5 Å². The number of fused-ring (bicyclic) bond motifs is 3. The van der Waals surface area contributed by atoms with Crippen molar-refractivity contribution < 1.29 is 0 Å². The van der Waals surface area contributed by atoms with Crippen LogP contribution in [0.15, 0.2) is 48.5 Å². The lowest BCUT2D eigenvalue weighted by molar-refractivity contribution is 0.922. The summed E-state index contributed by atoms with van der Waals surface area (Å²) < 4.78 is 0. The fourth-order valence-electron chi connectivity index (χ4n) is 2.40. The van der Waals surface area contributed by atoms with Gasteiger partial charge in [0, 0.05) is 0 Å². The number of aryl methyl sites for hydroxylation is 1. The van der Waals surface area contributed by atoms with Crippen LogP contribution < -0.4 is 0 Å². The second-order valence-electron chi connectivity index (χ2n) is 4.48. The van der Waals surface area contributed by atoms with Crippen molar-refractivity contribution in [1.82, 2.24) is 0 Å². The van der Waals surface area contributed by atoms with Gasteiger partial charge in [0.05, 0.1) is 0 Å². The van der Waals surface area contributed by atoms with Gasteiger partial charge >= 0.3 is 0 Å². The van der Waals surface area contributed by atoms with Crippen molar-refractivity contribution >= 4 is 21.5 Å². The highest BCUT2D eigenvalue weighted by Crippen LogP contribution is 2.25. The van der Waals surface area contributed by atoms with Crippen LogP contribution in [0.3, 0.4) is 0 Å². The van der Waals surface area contributed by atoms with Gasteiger partial charge in [0.1, 0.15) is 0 Å². The van der Waals surface area contributed by atoms with Crippen molar-refractivity contribution in [2.75, 3.05) is 0 Å². The van der Waals surface area contributed by atoms with Gasteiger partial charge in [-0.25, -0.2) is 0 Å². The van der Waals surface area contributed by atoms with E-state index >= 15 is 0 Å². The molecule has 0 unspecified atom stereocenters. The van der Waals surface area contributed by atoms with Crippen LogP contribution in [0.5, 0.6) is 0 Å². The van der Waals surface area contributed by atoms with Gasteiger partial charge in [-0.2, -0.15) is 0 Å². The Morgan fingerprint density at radius 1 is 0.882 bits per heavy atom. The first-order valence-electron chi connectivity index (χ1n) is 6.21. The maximum absolute atomic E-state index is 3.52. The summed E-state index contributed by atoms with van der Waals surface area (Å²) in [7, 11) is 0. The quantitative estimate of drug-likeness (QED) is 0.546. The average Bonchev–Trinajstić information content (AvgIpc) is 2.39. The Kier molecular flexibility index (Phi) is 2.56. The highest BCUT2D eigenvalue weighted by atomic mass is 14.0. The largest absolute Gasteiger partial charge is 0.0651 e. The van der Waals surface area contributed by atoms with Crippen LogP contribution in [-0.2, 0) is 6.42 Å². The third-order valence-corrected chi connectivity index (χ3v) is 3.24. The second-order valence-corrected chi connectivity index (χ2v) is 4.48. The number of hydrogen-bond donors (Lipinski definition) is 0. The molecule has 0 aliphatic carbocycles. The monoisotopic (exact) mass is 219 g/mol. The predicted octanol–water partition coefficient (Wildman–Crippen LogP) is 4.75. The van der Waals surface area contributed by atoms with Crippen LogP contribution in [0.2, 0.25) is 0 Å². The molecule has 0 aliphatic heterocycles. The first-order valence-corrected chi connectivity index (χ1v) is 6.21. The van der Waals surface area contributed by atoms with Crippen molar-refractivity contribution in [2.24, 2.45) is 0 Å². The SMILES string of the molecule is CCCc1[c]c2ccc3ccccc3c2cc1. The van der Waals surface area contributed by atoms with E-state index < -0.39 is 0 Å². The smallest absolute Gasteiger partial charge is 0.00641 e. The summed E-state index contributed by atoms with van der Waals surface area (Å²) in [5, 5.41) is 5.17. The summed E-state index contributed by atoms with van der Waals surface area (Å²) >= 11 is 0. The molecule has 3 aromatic carbocycles. The summed E-state index contributed by atoms with van der Waals surface area (Å²) in [6.45, 7) is 2.21. The van der Waals surface area contributed by atoms with Crippen LogP contribution in [0.25, 0.3) is 21.5 Å². The van der Waals surface area contributed by atoms with Gasteiger partial charge in [0.25, 0.3) is 0 Å². The third-order valence-electron chi connectivity index (χ3n) is 3.24. The molecule has 0 atom stereocenters. The fourth-order valence-corrected chi connectivity index (χ4v) is 2.40. The molecule has 0 N–H and O–H groups in total. The van der Waals surface area contributed by atoms with Crippen LogP contribution in [-0.4, -0.2) is 0 Å². The normalized spacial score (nSPS) is 11.1. The molecule has 1 radical (unpaired) electrons. The van der Waals surface area contributed by atoms with Crippen molar-refractivity contribution in [1.29, 1.82) is 0 Å². The Hall–Kier alpha value is -1.82.